The molecule has 10 heteroatoms. The summed E-state index contributed by atoms with van der Waals surface area (Å²) in [7, 11) is 0. The summed E-state index contributed by atoms with van der Waals surface area (Å²) < 4.78 is 38.9. The van der Waals surface area contributed by atoms with Gasteiger partial charge in [0, 0.05) is 5.56 Å². The summed E-state index contributed by atoms with van der Waals surface area (Å²) in [6.45, 7) is 0. The maximum absolute atomic E-state index is 12.5. The molecule has 0 fully saturated rings. The zero-order valence-corrected chi connectivity index (χ0v) is 13.1. The van der Waals surface area contributed by atoms with Crippen molar-refractivity contribution in [2.75, 3.05) is 0 Å². The number of hydrazone groups is 1. The van der Waals surface area contributed by atoms with Gasteiger partial charge in [-0.3, -0.25) is 4.79 Å². The van der Waals surface area contributed by atoms with E-state index < -0.39 is 17.6 Å². The molecule has 0 aliphatic carbocycles. The molecule has 2 aromatic carbocycles. The Morgan fingerprint density at radius 3 is 2.35 bits per heavy atom. The number of halogens is 3. The molecule has 26 heavy (non-hydrogen) atoms. The highest BCUT2D eigenvalue weighted by Gasteiger charge is 2.29. The van der Waals surface area contributed by atoms with E-state index in [0.717, 1.165) is 12.1 Å². The van der Waals surface area contributed by atoms with Gasteiger partial charge >= 0.3 is 6.18 Å². The SMILES string of the molecule is O=C(N/N=C/c1ccc(C(F)(F)F)cc1)c1ccc(-n2cnnn2)cc1. The van der Waals surface area contributed by atoms with Gasteiger partial charge < -0.3 is 0 Å². The predicted molar refractivity (Wildman–Crippen MR) is 85.7 cm³/mol. The average Bonchev–Trinajstić information content (AvgIpc) is 3.16. The first-order chi connectivity index (χ1) is 12.4. The van der Waals surface area contributed by atoms with E-state index in [2.05, 4.69) is 26.1 Å². The topological polar surface area (TPSA) is 85.1 Å². The Hall–Kier alpha value is -3.56. The minimum absolute atomic E-state index is 0.353. The van der Waals surface area contributed by atoms with Crippen molar-refractivity contribution in [2.45, 2.75) is 6.18 Å². The Labute approximate surface area is 145 Å². The van der Waals surface area contributed by atoms with Gasteiger partial charge in [-0.05, 0) is 52.4 Å². The number of amides is 1. The number of benzene rings is 2. The monoisotopic (exact) mass is 360 g/mol. The number of carbonyl (C=O) groups is 1. The van der Waals surface area contributed by atoms with E-state index in [1.807, 2.05) is 0 Å². The average molecular weight is 360 g/mol. The number of alkyl halides is 3. The maximum atomic E-state index is 12.5. The van der Waals surface area contributed by atoms with Gasteiger partial charge in [-0.15, -0.1) is 5.10 Å². The number of carbonyl (C=O) groups excluding carboxylic acids is 1. The standard InChI is InChI=1S/C16H11F3N6O/c17-16(18,19)13-5-1-11(2-6-13)9-20-22-15(26)12-3-7-14(8-4-12)25-10-21-23-24-25/h1-10H,(H,22,26)/b20-9+. The number of hydrogen-bond acceptors (Lipinski definition) is 5. The number of hydrogen-bond donors (Lipinski definition) is 1. The Balaban J connectivity index is 1.60. The van der Waals surface area contributed by atoms with Crippen molar-refractivity contribution in [1.29, 1.82) is 0 Å². The normalized spacial score (nSPS) is 11.7. The molecule has 3 rings (SSSR count). The largest absolute Gasteiger partial charge is 0.416 e. The molecule has 0 unspecified atom stereocenters. The van der Waals surface area contributed by atoms with Crippen LogP contribution in [-0.2, 0) is 6.18 Å². The highest BCUT2D eigenvalue weighted by Crippen LogP contribution is 2.28. The van der Waals surface area contributed by atoms with Crippen LogP contribution >= 0.6 is 0 Å². The van der Waals surface area contributed by atoms with Gasteiger partial charge in [0.05, 0.1) is 17.5 Å². The van der Waals surface area contributed by atoms with Crippen LogP contribution in [0.25, 0.3) is 5.69 Å². The molecule has 1 aromatic heterocycles. The number of nitrogens with zero attached hydrogens (tertiary/aromatic N) is 5. The first-order valence-corrected chi connectivity index (χ1v) is 7.27. The summed E-state index contributed by atoms with van der Waals surface area (Å²) in [5.74, 6) is -0.462. The third-order valence-electron chi connectivity index (χ3n) is 3.36. The van der Waals surface area contributed by atoms with E-state index in [4.69, 9.17) is 0 Å². The van der Waals surface area contributed by atoms with Crippen molar-refractivity contribution < 1.29 is 18.0 Å². The second kappa shape index (κ2) is 7.13. The lowest BCUT2D eigenvalue weighted by Crippen LogP contribution is -2.17. The van der Waals surface area contributed by atoms with E-state index in [0.29, 0.717) is 16.8 Å². The van der Waals surface area contributed by atoms with Crippen molar-refractivity contribution in [1.82, 2.24) is 25.6 Å². The summed E-state index contributed by atoms with van der Waals surface area (Å²) in [4.78, 5) is 12.0. The predicted octanol–water partition coefficient (Wildman–Crippen LogP) is 2.45. The van der Waals surface area contributed by atoms with E-state index in [9.17, 15) is 18.0 Å². The van der Waals surface area contributed by atoms with Crippen molar-refractivity contribution in [3.63, 3.8) is 0 Å². The third kappa shape index (κ3) is 4.09. The van der Waals surface area contributed by atoms with Crippen molar-refractivity contribution in [2.24, 2.45) is 5.10 Å². The Morgan fingerprint density at radius 2 is 1.77 bits per heavy atom. The number of nitrogens with one attached hydrogen (secondary N) is 1. The smallest absolute Gasteiger partial charge is 0.267 e. The highest BCUT2D eigenvalue weighted by atomic mass is 19.4. The van der Waals surface area contributed by atoms with Crippen molar-refractivity contribution in [3.05, 3.63) is 71.5 Å². The second-order valence-electron chi connectivity index (χ2n) is 5.12. The van der Waals surface area contributed by atoms with Crippen LogP contribution in [-0.4, -0.2) is 32.3 Å². The lowest BCUT2D eigenvalue weighted by molar-refractivity contribution is -0.137. The first kappa shape index (κ1) is 17.3. The molecule has 0 radical (unpaired) electrons. The lowest BCUT2D eigenvalue weighted by Gasteiger charge is -2.05. The third-order valence-corrected chi connectivity index (χ3v) is 3.36. The fourth-order valence-corrected chi connectivity index (χ4v) is 2.03. The molecule has 0 bridgehead atoms. The van der Waals surface area contributed by atoms with Gasteiger partial charge in [-0.25, -0.2) is 10.1 Å². The Bertz CT molecular complexity index is 903. The lowest BCUT2D eigenvalue weighted by atomic mass is 10.1. The molecule has 1 N–H and O–H groups in total. The maximum Gasteiger partial charge on any atom is 0.416 e. The van der Waals surface area contributed by atoms with E-state index in [1.165, 1.54) is 29.4 Å². The summed E-state index contributed by atoms with van der Waals surface area (Å²) in [5.41, 5.74) is 3.02. The molecular weight excluding hydrogens is 349 g/mol. The first-order valence-electron chi connectivity index (χ1n) is 7.27. The van der Waals surface area contributed by atoms with Crippen LogP contribution in [0, 0.1) is 0 Å². The fourth-order valence-electron chi connectivity index (χ4n) is 2.03. The van der Waals surface area contributed by atoms with Gasteiger partial charge in [0.15, 0.2) is 0 Å². The van der Waals surface area contributed by atoms with Gasteiger partial charge in [0.25, 0.3) is 5.91 Å². The van der Waals surface area contributed by atoms with Crippen LogP contribution in [0.5, 0.6) is 0 Å². The van der Waals surface area contributed by atoms with Crippen molar-refractivity contribution in [3.8, 4) is 5.69 Å². The molecule has 0 aliphatic heterocycles. The Morgan fingerprint density at radius 1 is 1.08 bits per heavy atom. The van der Waals surface area contributed by atoms with Crippen LogP contribution < -0.4 is 5.43 Å². The summed E-state index contributed by atoms with van der Waals surface area (Å²) in [6.07, 6.45) is -1.71. The number of aromatic nitrogens is 4. The number of rotatable bonds is 4. The molecule has 0 saturated heterocycles. The minimum atomic E-state index is -4.39. The molecule has 132 valence electrons. The van der Waals surface area contributed by atoms with Crippen LogP contribution in [0.1, 0.15) is 21.5 Å². The molecule has 7 nitrogen and oxygen atoms in total. The molecule has 0 spiro atoms. The van der Waals surface area contributed by atoms with Gasteiger partial charge in [0.1, 0.15) is 6.33 Å². The van der Waals surface area contributed by atoms with Gasteiger partial charge in [-0.2, -0.15) is 18.3 Å². The molecule has 0 aliphatic rings. The summed E-state index contributed by atoms with van der Waals surface area (Å²) in [6, 6.07) is 10.9. The van der Waals surface area contributed by atoms with E-state index in [1.54, 1.807) is 24.3 Å². The van der Waals surface area contributed by atoms with Crippen LogP contribution in [0.4, 0.5) is 13.2 Å². The number of tetrazole rings is 1. The zero-order valence-electron chi connectivity index (χ0n) is 13.1. The Kier molecular flexibility index (Phi) is 4.74. The molecule has 1 amide bonds. The van der Waals surface area contributed by atoms with Crippen LogP contribution in [0.15, 0.2) is 60.0 Å². The van der Waals surface area contributed by atoms with E-state index >= 15 is 0 Å². The molecule has 0 saturated carbocycles. The second-order valence-corrected chi connectivity index (χ2v) is 5.12. The highest BCUT2D eigenvalue weighted by molar-refractivity contribution is 5.95. The quantitative estimate of drug-likeness (QED) is 0.572. The fraction of sp³-hybridized carbons (Fsp3) is 0.0625. The molecule has 1 heterocycles. The van der Waals surface area contributed by atoms with Crippen molar-refractivity contribution >= 4 is 12.1 Å². The molecule has 0 atom stereocenters. The van der Waals surface area contributed by atoms with Gasteiger partial charge in [0.2, 0.25) is 0 Å². The van der Waals surface area contributed by atoms with Crippen LogP contribution in [0.3, 0.4) is 0 Å². The molecule has 3 aromatic rings. The molecular formula is C16H11F3N6O. The van der Waals surface area contributed by atoms with Crippen LogP contribution in [0.2, 0.25) is 0 Å². The van der Waals surface area contributed by atoms with Gasteiger partial charge in [-0.1, -0.05) is 12.1 Å². The zero-order chi connectivity index (χ0) is 18.6. The summed E-state index contributed by atoms with van der Waals surface area (Å²) in [5, 5.41) is 14.5. The summed E-state index contributed by atoms with van der Waals surface area (Å²) >= 11 is 0. The van der Waals surface area contributed by atoms with E-state index in [-0.39, 0.29) is 0 Å². The minimum Gasteiger partial charge on any atom is -0.267 e.